The monoisotopic (exact) mass is 292 g/mol. The fourth-order valence-electron chi connectivity index (χ4n) is 2.43. The molecule has 4 nitrogen and oxygen atoms in total. The molecule has 2 heterocycles. The summed E-state index contributed by atoms with van der Waals surface area (Å²) in [5.74, 6) is -1.44. The number of carbonyl (C=O) groups is 1. The van der Waals surface area contributed by atoms with E-state index in [0.717, 1.165) is 11.3 Å². The summed E-state index contributed by atoms with van der Waals surface area (Å²) in [6, 6.07) is 2.49. The molecule has 0 aromatic carbocycles. The molecule has 0 spiro atoms. The number of rotatable bonds is 1. The molecule has 0 bridgehead atoms. The Hall–Kier alpha value is -2.08. The number of halogens is 1. The molecule has 3 rings (SSSR count). The third kappa shape index (κ3) is 1.84. The SMILES string of the molecule is CC1=[C]C2=C(F)C(O)=CCC2N1C(=O)c1ccc(O)s1. The first-order valence-electron chi connectivity index (χ1n) is 6.01. The summed E-state index contributed by atoms with van der Waals surface area (Å²) < 4.78 is 13.9. The van der Waals surface area contributed by atoms with Crippen LogP contribution in [-0.4, -0.2) is 27.1 Å². The summed E-state index contributed by atoms with van der Waals surface area (Å²) in [5.41, 5.74) is 0.706. The summed E-state index contributed by atoms with van der Waals surface area (Å²) in [7, 11) is 0. The van der Waals surface area contributed by atoms with E-state index in [4.69, 9.17) is 0 Å². The number of fused-ring (bicyclic) bond motifs is 1. The maximum absolute atomic E-state index is 13.9. The molecule has 1 aliphatic heterocycles. The Morgan fingerprint density at radius 1 is 1.50 bits per heavy atom. The number of hydrogen-bond acceptors (Lipinski definition) is 4. The summed E-state index contributed by atoms with van der Waals surface area (Å²) in [5, 5.41) is 18.8. The number of carbonyl (C=O) groups excluding carboxylic acids is 1. The Morgan fingerprint density at radius 2 is 2.25 bits per heavy atom. The van der Waals surface area contributed by atoms with Crippen molar-refractivity contribution in [2.75, 3.05) is 0 Å². The van der Waals surface area contributed by atoms with Gasteiger partial charge in [0, 0.05) is 17.3 Å². The summed E-state index contributed by atoms with van der Waals surface area (Å²) >= 11 is 0.974. The van der Waals surface area contributed by atoms with Gasteiger partial charge in [0.15, 0.2) is 10.9 Å². The van der Waals surface area contributed by atoms with Crippen molar-refractivity contribution in [1.82, 2.24) is 4.90 Å². The van der Waals surface area contributed by atoms with Crippen LogP contribution in [-0.2, 0) is 0 Å². The molecule has 1 radical (unpaired) electrons. The van der Waals surface area contributed by atoms with E-state index >= 15 is 0 Å². The quantitative estimate of drug-likeness (QED) is 0.836. The van der Waals surface area contributed by atoms with Crippen LogP contribution in [0.2, 0.25) is 0 Å². The molecule has 1 atom stereocenters. The number of allylic oxidation sites excluding steroid dienone is 2. The van der Waals surface area contributed by atoms with Crippen molar-refractivity contribution >= 4 is 17.2 Å². The molecule has 20 heavy (non-hydrogen) atoms. The molecule has 103 valence electrons. The number of nitrogens with zero attached hydrogens (tertiary/aromatic N) is 1. The molecule has 1 unspecified atom stereocenters. The standard InChI is InChI=1S/C14H11FNO3S/c1-7-6-8-9(2-3-10(17)13(8)15)16(7)14(19)11-4-5-12(18)20-11/h3-5,9,17-18H,2H2,1H3. The zero-order valence-electron chi connectivity index (χ0n) is 10.6. The van der Waals surface area contributed by atoms with E-state index in [1.54, 1.807) is 6.92 Å². The molecule has 1 aliphatic carbocycles. The van der Waals surface area contributed by atoms with E-state index < -0.39 is 17.6 Å². The molecule has 0 fully saturated rings. The molecule has 1 aromatic heterocycles. The first-order chi connectivity index (χ1) is 9.49. The van der Waals surface area contributed by atoms with Crippen LogP contribution in [0.3, 0.4) is 0 Å². The third-order valence-electron chi connectivity index (χ3n) is 3.34. The van der Waals surface area contributed by atoms with E-state index in [9.17, 15) is 19.4 Å². The number of thiophene rings is 1. The third-order valence-corrected chi connectivity index (χ3v) is 4.21. The minimum Gasteiger partial charge on any atom is -0.505 e. The summed E-state index contributed by atoms with van der Waals surface area (Å²) in [6.07, 6.45) is 4.50. The van der Waals surface area contributed by atoms with E-state index in [1.807, 2.05) is 0 Å². The highest BCUT2D eigenvalue weighted by atomic mass is 32.1. The van der Waals surface area contributed by atoms with Crippen molar-refractivity contribution in [3.8, 4) is 5.06 Å². The van der Waals surface area contributed by atoms with Crippen LogP contribution in [0.1, 0.15) is 23.0 Å². The summed E-state index contributed by atoms with van der Waals surface area (Å²) in [4.78, 5) is 14.3. The second-order valence-electron chi connectivity index (χ2n) is 4.59. The number of aliphatic hydroxyl groups excluding tert-OH is 1. The molecule has 6 heteroatoms. The van der Waals surface area contributed by atoms with Gasteiger partial charge in [-0.05, 0) is 31.6 Å². The smallest absolute Gasteiger partial charge is 0.268 e. The molecule has 1 amide bonds. The maximum atomic E-state index is 13.9. The van der Waals surface area contributed by atoms with Crippen LogP contribution < -0.4 is 0 Å². The largest absolute Gasteiger partial charge is 0.505 e. The Kier molecular flexibility index (Phi) is 2.90. The van der Waals surface area contributed by atoms with Gasteiger partial charge in [-0.25, -0.2) is 4.39 Å². The zero-order chi connectivity index (χ0) is 14.4. The van der Waals surface area contributed by atoms with E-state index in [-0.39, 0.29) is 16.5 Å². The predicted molar refractivity (Wildman–Crippen MR) is 71.8 cm³/mol. The lowest BCUT2D eigenvalue weighted by atomic mass is 9.98. The molecule has 2 N–H and O–H groups in total. The topological polar surface area (TPSA) is 60.8 Å². The van der Waals surface area contributed by atoms with Gasteiger partial charge in [0.2, 0.25) is 0 Å². The van der Waals surface area contributed by atoms with Crippen molar-refractivity contribution < 1.29 is 19.4 Å². The minimum absolute atomic E-state index is 0.0567. The second-order valence-corrected chi connectivity index (χ2v) is 5.65. The van der Waals surface area contributed by atoms with E-state index in [2.05, 4.69) is 6.08 Å². The second kappa shape index (κ2) is 4.49. The lowest BCUT2D eigenvalue weighted by Crippen LogP contribution is -2.36. The van der Waals surface area contributed by atoms with Crippen LogP contribution in [0.25, 0.3) is 0 Å². The highest BCUT2D eigenvalue weighted by Gasteiger charge is 2.38. The molecule has 1 aromatic rings. The van der Waals surface area contributed by atoms with Gasteiger partial charge in [0.1, 0.15) is 5.76 Å². The average Bonchev–Trinajstić information content (AvgIpc) is 2.97. The number of amides is 1. The van der Waals surface area contributed by atoms with Gasteiger partial charge in [0.25, 0.3) is 5.91 Å². The van der Waals surface area contributed by atoms with Gasteiger partial charge in [0.05, 0.1) is 10.9 Å². The Labute approximate surface area is 118 Å². The summed E-state index contributed by atoms with van der Waals surface area (Å²) in [6.45, 7) is 1.67. The molecular formula is C14H11FNO3S. The maximum Gasteiger partial charge on any atom is 0.268 e. The Balaban J connectivity index is 1.97. The van der Waals surface area contributed by atoms with Crippen LogP contribution in [0, 0.1) is 6.08 Å². The van der Waals surface area contributed by atoms with Gasteiger partial charge in [-0.3, -0.25) is 4.79 Å². The van der Waals surface area contributed by atoms with Gasteiger partial charge >= 0.3 is 0 Å². The molecular weight excluding hydrogens is 281 g/mol. The first-order valence-corrected chi connectivity index (χ1v) is 6.83. The lowest BCUT2D eigenvalue weighted by Gasteiger charge is -2.27. The fourth-order valence-corrected chi connectivity index (χ4v) is 3.11. The Bertz CT molecular complexity index is 686. The highest BCUT2D eigenvalue weighted by molar-refractivity contribution is 7.15. The minimum atomic E-state index is -0.732. The number of aliphatic hydroxyl groups is 1. The fraction of sp³-hybridized carbons (Fsp3) is 0.214. The van der Waals surface area contributed by atoms with Crippen LogP contribution >= 0.6 is 11.3 Å². The van der Waals surface area contributed by atoms with Crippen LogP contribution in [0.5, 0.6) is 5.06 Å². The molecule has 2 aliphatic rings. The zero-order valence-corrected chi connectivity index (χ0v) is 11.4. The van der Waals surface area contributed by atoms with Gasteiger partial charge < -0.3 is 15.1 Å². The average molecular weight is 292 g/mol. The van der Waals surface area contributed by atoms with Crippen molar-refractivity contribution in [2.24, 2.45) is 0 Å². The highest BCUT2D eigenvalue weighted by Crippen LogP contribution is 2.38. The van der Waals surface area contributed by atoms with Crippen molar-refractivity contribution in [2.45, 2.75) is 19.4 Å². The van der Waals surface area contributed by atoms with Gasteiger partial charge in [-0.15, -0.1) is 0 Å². The van der Waals surface area contributed by atoms with E-state index in [1.165, 1.54) is 23.1 Å². The van der Waals surface area contributed by atoms with Crippen molar-refractivity contribution in [1.29, 1.82) is 0 Å². The number of hydrogen-bond donors (Lipinski definition) is 2. The van der Waals surface area contributed by atoms with E-state index in [0.29, 0.717) is 17.0 Å². The number of aromatic hydroxyl groups is 1. The van der Waals surface area contributed by atoms with Crippen molar-refractivity contribution in [3.05, 3.63) is 52.0 Å². The van der Waals surface area contributed by atoms with Gasteiger partial charge in [-0.2, -0.15) is 0 Å². The first kappa shape index (κ1) is 12.9. The van der Waals surface area contributed by atoms with Gasteiger partial charge in [-0.1, -0.05) is 11.3 Å². The van der Waals surface area contributed by atoms with Crippen molar-refractivity contribution in [3.63, 3.8) is 0 Å². The Morgan fingerprint density at radius 3 is 2.90 bits per heavy atom. The normalized spacial score (nSPS) is 21.7. The van der Waals surface area contributed by atoms with Crippen LogP contribution in [0.15, 0.2) is 41.1 Å². The lowest BCUT2D eigenvalue weighted by molar-refractivity contribution is 0.0784. The predicted octanol–water partition coefficient (Wildman–Crippen LogP) is 3.05. The molecule has 0 saturated carbocycles. The van der Waals surface area contributed by atoms with Crippen LogP contribution in [0.4, 0.5) is 4.39 Å². The molecule has 0 saturated heterocycles.